The van der Waals surface area contributed by atoms with E-state index in [2.05, 4.69) is 27.3 Å². The van der Waals surface area contributed by atoms with E-state index >= 15 is 0 Å². The number of tetrazole rings is 1. The van der Waals surface area contributed by atoms with Crippen LogP contribution in [0.15, 0.2) is 12.7 Å². The molecule has 1 N–H and O–H groups in total. The van der Waals surface area contributed by atoms with Crippen LogP contribution >= 0.6 is 0 Å². The van der Waals surface area contributed by atoms with E-state index in [0.29, 0.717) is 13.0 Å². The highest BCUT2D eigenvalue weighted by molar-refractivity contribution is 5.88. The molecule has 0 spiro atoms. The fourth-order valence-corrected chi connectivity index (χ4v) is 0.900. The first-order valence-electron chi connectivity index (χ1n) is 4.44. The van der Waals surface area contributed by atoms with E-state index in [4.69, 9.17) is 0 Å². The lowest BCUT2D eigenvalue weighted by Crippen LogP contribution is -2.12. The quantitative estimate of drug-likeness (QED) is 0.698. The first-order valence-corrected chi connectivity index (χ1v) is 4.44. The zero-order chi connectivity index (χ0) is 10.4. The molecule has 0 bridgehead atoms. The number of allylic oxidation sites excluding steroid dienone is 1. The van der Waals surface area contributed by atoms with E-state index in [-0.39, 0.29) is 11.9 Å². The van der Waals surface area contributed by atoms with Crippen molar-refractivity contribution < 1.29 is 4.79 Å². The molecule has 0 aliphatic carbocycles. The summed E-state index contributed by atoms with van der Waals surface area (Å²) in [6.45, 7) is 5.95. The molecular formula is C8H13N5O. The van der Waals surface area contributed by atoms with Gasteiger partial charge < -0.3 is 0 Å². The minimum absolute atomic E-state index is 0.0920. The van der Waals surface area contributed by atoms with Gasteiger partial charge in [0.15, 0.2) is 0 Å². The molecule has 0 atom stereocenters. The first-order chi connectivity index (χ1) is 6.76. The number of carbonyl (C=O) groups excluding carboxylic acids is 1. The molecule has 6 heteroatoms. The molecule has 76 valence electrons. The van der Waals surface area contributed by atoms with E-state index in [1.165, 1.54) is 4.80 Å². The molecule has 6 nitrogen and oxygen atoms in total. The number of hydrogen-bond donors (Lipinski definition) is 1. The van der Waals surface area contributed by atoms with Crippen LogP contribution in [0.25, 0.3) is 0 Å². The Morgan fingerprint density at radius 3 is 3.14 bits per heavy atom. The molecule has 1 aromatic rings. The number of carbonyl (C=O) groups is 1. The predicted molar refractivity (Wildman–Crippen MR) is 51.6 cm³/mol. The zero-order valence-electron chi connectivity index (χ0n) is 8.10. The Morgan fingerprint density at radius 2 is 2.50 bits per heavy atom. The van der Waals surface area contributed by atoms with Crippen molar-refractivity contribution >= 4 is 11.9 Å². The normalized spacial score (nSPS) is 9.79. The van der Waals surface area contributed by atoms with Gasteiger partial charge in [-0.1, -0.05) is 18.1 Å². The Bertz CT molecular complexity index is 319. The van der Waals surface area contributed by atoms with Crippen molar-refractivity contribution in [1.82, 2.24) is 20.2 Å². The molecule has 0 radical (unpaired) electrons. The van der Waals surface area contributed by atoms with Crippen molar-refractivity contribution in [3.05, 3.63) is 12.7 Å². The summed E-state index contributed by atoms with van der Waals surface area (Å²) in [4.78, 5) is 12.5. The van der Waals surface area contributed by atoms with Crippen LogP contribution in [-0.2, 0) is 11.3 Å². The minimum Gasteiger partial charge on any atom is -0.292 e. The summed E-state index contributed by atoms with van der Waals surface area (Å²) >= 11 is 0. The highest BCUT2D eigenvalue weighted by Gasteiger charge is 2.05. The summed E-state index contributed by atoms with van der Waals surface area (Å²) in [5.74, 6) is 0.149. The molecule has 0 aromatic carbocycles. The summed E-state index contributed by atoms with van der Waals surface area (Å²) < 4.78 is 0. The third kappa shape index (κ3) is 2.96. The van der Waals surface area contributed by atoms with Crippen LogP contribution in [0.4, 0.5) is 5.95 Å². The van der Waals surface area contributed by atoms with Crippen LogP contribution in [0.1, 0.15) is 19.8 Å². The van der Waals surface area contributed by atoms with Gasteiger partial charge in [0.1, 0.15) is 0 Å². The van der Waals surface area contributed by atoms with Gasteiger partial charge >= 0.3 is 0 Å². The van der Waals surface area contributed by atoms with Gasteiger partial charge in [-0.2, -0.15) is 4.80 Å². The molecule has 1 heterocycles. The maximum absolute atomic E-state index is 11.1. The van der Waals surface area contributed by atoms with Gasteiger partial charge in [-0.05, 0) is 11.6 Å². The minimum atomic E-state index is -0.0920. The number of nitrogens with zero attached hydrogens (tertiary/aromatic N) is 4. The van der Waals surface area contributed by atoms with Gasteiger partial charge in [-0.15, -0.1) is 11.7 Å². The van der Waals surface area contributed by atoms with Gasteiger partial charge in [0.25, 0.3) is 5.95 Å². The number of rotatable bonds is 5. The molecule has 0 saturated heterocycles. The monoisotopic (exact) mass is 195 g/mol. The number of nitrogens with one attached hydrogen (secondary N) is 1. The number of hydrogen-bond acceptors (Lipinski definition) is 4. The average molecular weight is 195 g/mol. The number of amides is 1. The van der Waals surface area contributed by atoms with Crippen molar-refractivity contribution in [2.75, 3.05) is 5.32 Å². The van der Waals surface area contributed by atoms with Crippen molar-refractivity contribution in [3.63, 3.8) is 0 Å². The molecule has 1 aromatic heterocycles. The zero-order valence-corrected chi connectivity index (χ0v) is 8.10. The maximum atomic E-state index is 11.1. The molecule has 0 unspecified atom stereocenters. The van der Waals surface area contributed by atoms with E-state index in [1.54, 1.807) is 6.08 Å². The fourth-order valence-electron chi connectivity index (χ4n) is 0.900. The highest BCUT2D eigenvalue weighted by atomic mass is 16.1. The largest absolute Gasteiger partial charge is 0.292 e. The van der Waals surface area contributed by atoms with E-state index in [9.17, 15) is 4.79 Å². The van der Waals surface area contributed by atoms with E-state index in [0.717, 1.165) is 6.42 Å². The Balaban J connectivity index is 2.50. The second kappa shape index (κ2) is 5.11. The summed E-state index contributed by atoms with van der Waals surface area (Å²) in [6, 6.07) is 0. The van der Waals surface area contributed by atoms with Crippen LogP contribution in [0, 0.1) is 0 Å². The second-order valence-corrected chi connectivity index (χ2v) is 2.75. The van der Waals surface area contributed by atoms with Crippen LogP contribution in [0.5, 0.6) is 0 Å². The van der Waals surface area contributed by atoms with Crippen LogP contribution in [-0.4, -0.2) is 26.1 Å². The fraction of sp³-hybridized carbons (Fsp3) is 0.500. The van der Waals surface area contributed by atoms with Crippen LogP contribution in [0.2, 0.25) is 0 Å². The van der Waals surface area contributed by atoms with Crippen molar-refractivity contribution in [2.45, 2.75) is 26.3 Å². The third-order valence-electron chi connectivity index (χ3n) is 1.47. The van der Waals surface area contributed by atoms with Gasteiger partial charge in [0.2, 0.25) is 5.91 Å². The molecule has 0 aliphatic heterocycles. The average Bonchev–Trinajstić information content (AvgIpc) is 2.53. The molecule has 14 heavy (non-hydrogen) atoms. The SMILES string of the molecule is C=CCn1nnc(NC(=O)CCC)n1. The number of anilines is 1. The molecular weight excluding hydrogens is 182 g/mol. The molecule has 0 aliphatic rings. The lowest BCUT2D eigenvalue weighted by Gasteiger charge is -1.96. The van der Waals surface area contributed by atoms with Crippen molar-refractivity contribution in [3.8, 4) is 0 Å². The maximum Gasteiger partial charge on any atom is 0.270 e. The van der Waals surface area contributed by atoms with Crippen molar-refractivity contribution in [2.24, 2.45) is 0 Å². The van der Waals surface area contributed by atoms with E-state index in [1.807, 2.05) is 6.92 Å². The lowest BCUT2D eigenvalue weighted by atomic mass is 10.3. The molecule has 1 rings (SSSR count). The Hall–Kier alpha value is -1.72. The summed E-state index contributed by atoms with van der Waals surface area (Å²) in [6.07, 6.45) is 2.92. The molecule has 0 saturated carbocycles. The lowest BCUT2D eigenvalue weighted by molar-refractivity contribution is -0.116. The van der Waals surface area contributed by atoms with Gasteiger partial charge in [-0.25, -0.2) is 0 Å². The second-order valence-electron chi connectivity index (χ2n) is 2.75. The topological polar surface area (TPSA) is 72.7 Å². The predicted octanol–water partition coefficient (Wildman–Crippen LogP) is 0.598. The van der Waals surface area contributed by atoms with Crippen molar-refractivity contribution in [1.29, 1.82) is 0 Å². The highest BCUT2D eigenvalue weighted by Crippen LogP contribution is 1.96. The summed E-state index contributed by atoms with van der Waals surface area (Å²) in [7, 11) is 0. The third-order valence-corrected chi connectivity index (χ3v) is 1.47. The smallest absolute Gasteiger partial charge is 0.270 e. The standard InChI is InChI=1S/C8H13N5O/c1-3-5-7(14)9-8-10-12-13(11-8)6-4-2/h4H,2-3,5-6H2,1H3,(H,9,11,14). The Kier molecular flexibility index (Phi) is 3.78. The van der Waals surface area contributed by atoms with Crippen LogP contribution < -0.4 is 5.32 Å². The Morgan fingerprint density at radius 1 is 1.71 bits per heavy atom. The van der Waals surface area contributed by atoms with Gasteiger partial charge in [0.05, 0.1) is 6.54 Å². The van der Waals surface area contributed by atoms with E-state index < -0.39 is 0 Å². The summed E-state index contributed by atoms with van der Waals surface area (Å²) in [5.41, 5.74) is 0. The van der Waals surface area contributed by atoms with Gasteiger partial charge in [-0.3, -0.25) is 10.1 Å². The molecule has 1 amide bonds. The summed E-state index contributed by atoms with van der Waals surface area (Å²) in [5, 5.41) is 13.8. The van der Waals surface area contributed by atoms with Gasteiger partial charge in [0, 0.05) is 6.42 Å². The molecule has 0 fully saturated rings. The Labute approximate surface area is 82.0 Å². The number of aromatic nitrogens is 4. The van der Waals surface area contributed by atoms with Crippen LogP contribution in [0.3, 0.4) is 0 Å². The first kappa shape index (κ1) is 10.4.